The maximum absolute atomic E-state index is 11.6. The Morgan fingerprint density at radius 2 is 2.00 bits per heavy atom. The Kier molecular flexibility index (Phi) is 5.24. The van der Waals surface area contributed by atoms with E-state index in [2.05, 4.69) is 21.2 Å². The van der Waals surface area contributed by atoms with Crippen LogP contribution in [0.4, 0.5) is 5.69 Å². The molecule has 0 bridgehead atoms. The van der Waals surface area contributed by atoms with Crippen molar-refractivity contribution in [2.75, 3.05) is 5.32 Å². The lowest BCUT2D eigenvalue weighted by Crippen LogP contribution is -2.20. The Morgan fingerprint density at radius 3 is 2.52 bits per heavy atom. The SMILES string of the molecule is CCc1cc(C(Nc2ccc(C#N)cc2)C(=O)O)cc(Br)c1O. The fourth-order valence-electron chi connectivity index (χ4n) is 2.21. The van der Waals surface area contributed by atoms with Gasteiger partial charge in [-0.05, 0) is 69.9 Å². The Labute approximate surface area is 142 Å². The van der Waals surface area contributed by atoms with E-state index in [4.69, 9.17) is 5.26 Å². The van der Waals surface area contributed by atoms with Gasteiger partial charge in [0.05, 0.1) is 16.1 Å². The fourth-order valence-corrected chi connectivity index (χ4v) is 2.73. The fraction of sp³-hybridized carbons (Fsp3) is 0.176. The standard InChI is InChI=1S/C17H15BrN2O3/c1-2-11-7-12(8-14(18)16(11)21)15(17(22)23)20-13-5-3-10(9-19)4-6-13/h3-8,15,20-21H,2H2,1H3,(H,22,23). The van der Waals surface area contributed by atoms with E-state index in [-0.39, 0.29) is 5.75 Å². The van der Waals surface area contributed by atoms with Crippen LogP contribution in [0.5, 0.6) is 5.75 Å². The molecule has 1 atom stereocenters. The zero-order chi connectivity index (χ0) is 17.0. The average molecular weight is 375 g/mol. The van der Waals surface area contributed by atoms with Crippen LogP contribution in [0.1, 0.15) is 29.7 Å². The van der Waals surface area contributed by atoms with Gasteiger partial charge >= 0.3 is 5.97 Å². The van der Waals surface area contributed by atoms with E-state index in [0.29, 0.717) is 33.3 Å². The predicted molar refractivity (Wildman–Crippen MR) is 90.3 cm³/mol. The van der Waals surface area contributed by atoms with Gasteiger partial charge in [0.25, 0.3) is 0 Å². The minimum atomic E-state index is -1.03. The Hall–Kier alpha value is -2.52. The second kappa shape index (κ2) is 7.16. The van der Waals surface area contributed by atoms with Crippen LogP contribution in [0.25, 0.3) is 0 Å². The summed E-state index contributed by atoms with van der Waals surface area (Å²) in [6, 6.07) is 10.9. The molecule has 0 aromatic heterocycles. The van der Waals surface area contributed by atoms with Gasteiger partial charge in [0.2, 0.25) is 0 Å². The highest BCUT2D eigenvalue weighted by molar-refractivity contribution is 9.10. The molecular weight excluding hydrogens is 360 g/mol. The van der Waals surface area contributed by atoms with Crippen molar-refractivity contribution in [3.8, 4) is 11.8 Å². The van der Waals surface area contributed by atoms with Crippen LogP contribution in [0, 0.1) is 11.3 Å². The molecule has 0 aliphatic carbocycles. The van der Waals surface area contributed by atoms with Crippen LogP contribution >= 0.6 is 15.9 Å². The second-order valence-electron chi connectivity index (χ2n) is 4.97. The third-order valence-electron chi connectivity index (χ3n) is 3.45. The van der Waals surface area contributed by atoms with E-state index in [1.807, 2.05) is 13.0 Å². The quantitative estimate of drug-likeness (QED) is 0.739. The summed E-state index contributed by atoms with van der Waals surface area (Å²) in [6.07, 6.45) is 0.585. The average Bonchev–Trinajstić information content (AvgIpc) is 2.55. The lowest BCUT2D eigenvalue weighted by Gasteiger charge is -2.18. The van der Waals surface area contributed by atoms with Gasteiger partial charge in [0.1, 0.15) is 5.75 Å². The molecule has 0 heterocycles. The molecular formula is C17H15BrN2O3. The predicted octanol–water partition coefficient (Wildman–Crippen LogP) is 3.83. The van der Waals surface area contributed by atoms with Crippen LogP contribution in [-0.2, 0) is 11.2 Å². The normalized spacial score (nSPS) is 11.5. The van der Waals surface area contributed by atoms with E-state index < -0.39 is 12.0 Å². The van der Waals surface area contributed by atoms with Crippen LogP contribution in [0.15, 0.2) is 40.9 Å². The van der Waals surface area contributed by atoms with Crippen molar-refractivity contribution in [3.05, 3.63) is 57.6 Å². The van der Waals surface area contributed by atoms with Crippen molar-refractivity contribution in [1.82, 2.24) is 0 Å². The number of rotatable bonds is 5. The zero-order valence-corrected chi connectivity index (χ0v) is 14.0. The number of aliphatic carboxylic acids is 1. The molecule has 2 rings (SSSR count). The van der Waals surface area contributed by atoms with Crippen molar-refractivity contribution in [2.45, 2.75) is 19.4 Å². The number of nitriles is 1. The Balaban J connectivity index is 2.37. The van der Waals surface area contributed by atoms with Crippen molar-refractivity contribution in [3.63, 3.8) is 0 Å². The molecule has 0 aliphatic heterocycles. The Morgan fingerprint density at radius 1 is 1.35 bits per heavy atom. The summed E-state index contributed by atoms with van der Waals surface area (Å²) in [6.45, 7) is 1.88. The maximum atomic E-state index is 11.6. The molecule has 0 fully saturated rings. The van der Waals surface area contributed by atoms with E-state index >= 15 is 0 Å². The highest BCUT2D eigenvalue weighted by Crippen LogP contribution is 2.33. The monoisotopic (exact) mass is 374 g/mol. The number of phenols is 1. The lowest BCUT2D eigenvalue weighted by atomic mass is 10.0. The number of aromatic hydroxyl groups is 1. The number of carboxylic acids is 1. The van der Waals surface area contributed by atoms with Gasteiger partial charge < -0.3 is 15.5 Å². The number of phenolic OH excluding ortho intramolecular Hbond substituents is 1. The summed E-state index contributed by atoms with van der Waals surface area (Å²) in [5, 5.41) is 31.2. The van der Waals surface area contributed by atoms with E-state index in [9.17, 15) is 15.0 Å². The van der Waals surface area contributed by atoms with Crippen LogP contribution in [-0.4, -0.2) is 16.2 Å². The maximum Gasteiger partial charge on any atom is 0.330 e. The molecule has 6 heteroatoms. The molecule has 3 N–H and O–H groups in total. The Bertz CT molecular complexity index is 767. The largest absolute Gasteiger partial charge is 0.506 e. The summed E-state index contributed by atoms with van der Waals surface area (Å²) < 4.78 is 0.458. The highest BCUT2D eigenvalue weighted by Gasteiger charge is 2.22. The second-order valence-corrected chi connectivity index (χ2v) is 5.82. The number of anilines is 1. The molecule has 0 spiro atoms. The van der Waals surface area contributed by atoms with Crippen molar-refractivity contribution < 1.29 is 15.0 Å². The molecule has 0 aliphatic rings. The van der Waals surface area contributed by atoms with Gasteiger partial charge in [-0.3, -0.25) is 0 Å². The minimum Gasteiger partial charge on any atom is -0.506 e. The lowest BCUT2D eigenvalue weighted by molar-refractivity contribution is -0.138. The van der Waals surface area contributed by atoms with E-state index in [1.54, 1.807) is 36.4 Å². The number of benzene rings is 2. The number of carboxylic acid groups (broad SMARTS) is 1. The number of halogens is 1. The van der Waals surface area contributed by atoms with Gasteiger partial charge in [0, 0.05) is 5.69 Å². The molecule has 1 unspecified atom stereocenters. The number of nitrogens with one attached hydrogen (secondary N) is 1. The molecule has 5 nitrogen and oxygen atoms in total. The van der Waals surface area contributed by atoms with Crippen molar-refractivity contribution in [2.24, 2.45) is 0 Å². The molecule has 118 valence electrons. The van der Waals surface area contributed by atoms with E-state index in [0.717, 1.165) is 0 Å². The van der Waals surface area contributed by atoms with Gasteiger partial charge in [-0.1, -0.05) is 6.92 Å². The van der Waals surface area contributed by atoms with Crippen LogP contribution in [0.3, 0.4) is 0 Å². The van der Waals surface area contributed by atoms with E-state index in [1.165, 1.54) is 0 Å². The minimum absolute atomic E-state index is 0.124. The molecule has 2 aromatic carbocycles. The summed E-state index contributed by atoms with van der Waals surface area (Å²) in [4.78, 5) is 11.6. The number of hydrogen-bond acceptors (Lipinski definition) is 4. The third-order valence-corrected chi connectivity index (χ3v) is 4.06. The smallest absolute Gasteiger partial charge is 0.330 e. The van der Waals surface area contributed by atoms with Gasteiger partial charge in [-0.2, -0.15) is 5.26 Å². The summed E-state index contributed by atoms with van der Waals surface area (Å²) in [5.41, 5.74) is 2.30. The first-order valence-corrected chi connectivity index (χ1v) is 7.76. The molecule has 2 aromatic rings. The molecule has 0 saturated heterocycles. The molecule has 23 heavy (non-hydrogen) atoms. The van der Waals surface area contributed by atoms with Gasteiger partial charge in [0.15, 0.2) is 6.04 Å². The number of nitrogens with zero attached hydrogens (tertiary/aromatic N) is 1. The van der Waals surface area contributed by atoms with Crippen LogP contribution in [0.2, 0.25) is 0 Å². The summed E-state index contributed by atoms with van der Waals surface area (Å²) >= 11 is 3.25. The number of hydrogen-bond donors (Lipinski definition) is 3. The summed E-state index contributed by atoms with van der Waals surface area (Å²) in [5.74, 6) is -0.909. The first-order chi connectivity index (χ1) is 11.0. The first kappa shape index (κ1) is 16.8. The summed E-state index contributed by atoms with van der Waals surface area (Å²) in [7, 11) is 0. The molecule has 0 amide bonds. The topological polar surface area (TPSA) is 93.4 Å². The van der Waals surface area contributed by atoms with Crippen molar-refractivity contribution >= 4 is 27.6 Å². The first-order valence-electron chi connectivity index (χ1n) is 6.97. The zero-order valence-electron chi connectivity index (χ0n) is 12.4. The van der Waals surface area contributed by atoms with Gasteiger partial charge in [-0.25, -0.2) is 4.79 Å². The van der Waals surface area contributed by atoms with Crippen LogP contribution < -0.4 is 5.32 Å². The van der Waals surface area contributed by atoms with Crippen molar-refractivity contribution in [1.29, 1.82) is 5.26 Å². The molecule has 0 radical (unpaired) electrons. The number of aryl methyl sites for hydroxylation is 1. The molecule has 0 saturated carbocycles. The van der Waals surface area contributed by atoms with Gasteiger partial charge in [-0.15, -0.1) is 0 Å². The third kappa shape index (κ3) is 3.82. The highest BCUT2D eigenvalue weighted by atomic mass is 79.9. The number of carbonyl (C=O) groups is 1.